The van der Waals surface area contributed by atoms with Crippen molar-refractivity contribution in [2.24, 2.45) is 0 Å². The molecule has 0 amide bonds. The molecular formula is C15H16OS. The second kappa shape index (κ2) is 4.84. The number of thiophene rings is 1. The molecule has 0 atom stereocenters. The Balaban J connectivity index is 2.42. The molecule has 2 rings (SSSR count). The van der Waals surface area contributed by atoms with E-state index in [1.165, 1.54) is 21.6 Å². The molecule has 1 aromatic carbocycles. The normalized spacial score (nSPS) is 10.5. The van der Waals surface area contributed by atoms with Gasteiger partial charge in [-0.3, -0.25) is 4.79 Å². The lowest BCUT2D eigenvalue weighted by Crippen LogP contribution is -1.90. The summed E-state index contributed by atoms with van der Waals surface area (Å²) in [6.07, 6.45) is 0.577. The van der Waals surface area contributed by atoms with Crippen LogP contribution in [-0.2, 0) is 0 Å². The van der Waals surface area contributed by atoms with Crippen LogP contribution in [0.5, 0.6) is 0 Å². The summed E-state index contributed by atoms with van der Waals surface area (Å²) in [7, 11) is 0. The van der Waals surface area contributed by atoms with Crippen molar-refractivity contribution >= 4 is 17.1 Å². The van der Waals surface area contributed by atoms with Crippen LogP contribution in [0.1, 0.15) is 34.1 Å². The SMILES string of the molecule is CCC(=O)c1cc(C)c(-c2ccc(C)cc2)s1. The van der Waals surface area contributed by atoms with E-state index in [9.17, 15) is 4.79 Å². The fourth-order valence-electron chi connectivity index (χ4n) is 1.79. The summed E-state index contributed by atoms with van der Waals surface area (Å²) in [5, 5.41) is 0. The summed E-state index contributed by atoms with van der Waals surface area (Å²) in [6.45, 7) is 6.05. The predicted octanol–water partition coefficient (Wildman–Crippen LogP) is 4.62. The van der Waals surface area contributed by atoms with E-state index in [-0.39, 0.29) is 5.78 Å². The van der Waals surface area contributed by atoms with Crippen LogP contribution in [0.15, 0.2) is 30.3 Å². The predicted molar refractivity (Wildman–Crippen MR) is 73.9 cm³/mol. The summed E-state index contributed by atoms with van der Waals surface area (Å²) in [4.78, 5) is 13.8. The summed E-state index contributed by atoms with van der Waals surface area (Å²) in [5.41, 5.74) is 3.65. The van der Waals surface area contributed by atoms with E-state index in [4.69, 9.17) is 0 Å². The van der Waals surface area contributed by atoms with E-state index >= 15 is 0 Å². The smallest absolute Gasteiger partial charge is 0.172 e. The molecule has 0 saturated carbocycles. The van der Waals surface area contributed by atoms with Gasteiger partial charge in [-0.2, -0.15) is 0 Å². The molecule has 0 aliphatic rings. The number of hydrogen-bond donors (Lipinski definition) is 0. The largest absolute Gasteiger partial charge is 0.293 e. The summed E-state index contributed by atoms with van der Waals surface area (Å²) in [5.74, 6) is 0.233. The fraction of sp³-hybridized carbons (Fsp3) is 0.267. The van der Waals surface area contributed by atoms with Crippen molar-refractivity contribution in [3.63, 3.8) is 0 Å². The van der Waals surface area contributed by atoms with Gasteiger partial charge in [-0.25, -0.2) is 0 Å². The number of carbonyl (C=O) groups is 1. The molecule has 17 heavy (non-hydrogen) atoms. The Morgan fingerprint density at radius 1 is 1.18 bits per heavy atom. The zero-order valence-electron chi connectivity index (χ0n) is 10.4. The first-order chi connectivity index (χ1) is 8.11. The van der Waals surface area contributed by atoms with Gasteiger partial charge in [-0.1, -0.05) is 36.8 Å². The third-order valence-electron chi connectivity index (χ3n) is 2.83. The van der Waals surface area contributed by atoms with E-state index in [1.807, 2.05) is 13.0 Å². The number of ketones is 1. The van der Waals surface area contributed by atoms with E-state index in [2.05, 4.69) is 38.1 Å². The van der Waals surface area contributed by atoms with E-state index in [0.717, 1.165) is 4.88 Å². The average molecular weight is 244 g/mol. The molecule has 0 radical (unpaired) electrons. The van der Waals surface area contributed by atoms with Crippen LogP contribution >= 0.6 is 11.3 Å². The van der Waals surface area contributed by atoms with Gasteiger partial charge in [-0.05, 0) is 31.0 Å². The Hall–Kier alpha value is -1.41. The molecule has 0 unspecified atom stereocenters. The third kappa shape index (κ3) is 2.47. The maximum Gasteiger partial charge on any atom is 0.172 e. The molecule has 0 aliphatic heterocycles. The van der Waals surface area contributed by atoms with Gasteiger partial charge in [0.25, 0.3) is 0 Å². The Morgan fingerprint density at radius 3 is 2.41 bits per heavy atom. The second-order valence-corrected chi connectivity index (χ2v) is 5.32. The number of benzene rings is 1. The minimum absolute atomic E-state index is 0.233. The minimum Gasteiger partial charge on any atom is -0.293 e. The van der Waals surface area contributed by atoms with Crippen molar-refractivity contribution in [2.75, 3.05) is 0 Å². The average Bonchev–Trinajstić information content (AvgIpc) is 2.71. The third-order valence-corrected chi connectivity index (χ3v) is 4.15. The molecule has 1 aromatic heterocycles. The monoisotopic (exact) mass is 244 g/mol. The quantitative estimate of drug-likeness (QED) is 0.720. The van der Waals surface area contributed by atoms with Gasteiger partial charge >= 0.3 is 0 Å². The van der Waals surface area contributed by atoms with E-state index in [0.29, 0.717) is 6.42 Å². The Bertz CT molecular complexity index is 535. The van der Waals surface area contributed by atoms with Crippen LogP contribution in [-0.4, -0.2) is 5.78 Å². The maximum absolute atomic E-state index is 11.7. The Kier molecular flexibility index (Phi) is 3.43. The molecular weight excluding hydrogens is 228 g/mol. The van der Waals surface area contributed by atoms with Crippen LogP contribution in [0.4, 0.5) is 0 Å². The highest BCUT2D eigenvalue weighted by Crippen LogP contribution is 2.33. The first kappa shape index (κ1) is 12.1. The number of hydrogen-bond acceptors (Lipinski definition) is 2. The Labute approximate surface area is 106 Å². The second-order valence-electron chi connectivity index (χ2n) is 4.27. The van der Waals surface area contributed by atoms with Gasteiger partial charge in [0.1, 0.15) is 0 Å². The maximum atomic E-state index is 11.7. The van der Waals surface area contributed by atoms with Gasteiger partial charge in [0, 0.05) is 11.3 Å². The number of carbonyl (C=O) groups excluding carboxylic acids is 1. The zero-order valence-corrected chi connectivity index (χ0v) is 11.2. The molecule has 0 saturated heterocycles. The molecule has 0 spiro atoms. The molecule has 1 heterocycles. The van der Waals surface area contributed by atoms with E-state index < -0.39 is 0 Å². The van der Waals surface area contributed by atoms with Crippen molar-refractivity contribution in [1.82, 2.24) is 0 Å². The van der Waals surface area contributed by atoms with Crippen molar-refractivity contribution in [1.29, 1.82) is 0 Å². The zero-order chi connectivity index (χ0) is 12.4. The summed E-state index contributed by atoms with van der Waals surface area (Å²) in [6, 6.07) is 10.5. The highest BCUT2D eigenvalue weighted by Gasteiger charge is 2.11. The van der Waals surface area contributed by atoms with Crippen molar-refractivity contribution < 1.29 is 4.79 Å². The van der Waals surface area contributed by atoms with Gasteiger partial charge in [-0.15, -0.1) is 11.3 Å². The van der Waals surface area contributed by atoms with Gasteiger partial charge < -0.3 is 0 Å². The molecule has 0 N–H and O–H groups in total. The number of Topliss-reactive ketones (excluding diaryl/α,β-unsaturated/α-hetero) is 1. The lowest BCUT2D eigenvalue weighted by atomic mass is 10.1. The highest BCUT2D eigenvalue weighted by molar-refractivity contribution is 7.17. The van der Waals surface area contributed by atoms with Crippen molar-refractivity contribution in [2.45, 2.75) is 27.2 Å². The number of aryl methyl sites for hydroxylation is 2. The van der Waals surface area contributed by atoms with Gasteiger partial charge in [0.05, 0.1) is 4.88 Å². The first-order valence-corrected chi connectivity index (χ1v) is 6.64. The standard InChI is InChI=1S/C15H16OS/c1-4-13(16)14-9-11(3)15(17-14)12-7-5-10(2)6-8-12/h5-9H,4H2,1-3H3. The lowest BCUT2D eigenvalue weighted by Gasteiger charge is -2.00. The topological polar surface area (TPSA) is 17.1 Å². The van der Waals surface area contributed by atoms with Crippen LogP contribution in [0.25, 0.3) is 10.4 Å². The molecule has 0 fully saturated rings. The van der Waals surface area contributed by atoms with Crippen LogP contribution in [0, 0.1) is 13.8 Å². The summed E-state index contributed by atoms with van der Waals surface area (Å²) >= 11 is 1.60. The van der Waals surface area contributed by atoms with Crippen LogP contribution in [0.2, 0.25) is 0 Å². The van der Waals surface area contributed by atoms with E-state index in [1.54, 1.807) is 11.3 Å². The van der Waals surface area contributed by atoms with Gasteiger partial charge in [0.15, 0.2) is 5.78 Å². The van der Waals surface area contributed by atoms with Crippen LogP contribution < -0.4 is 0 Å². The molecule has 1 nitrogen and oxygen atoms in total. The molecule has 0 aliphatic carbocycles. The molecule has 0 bridgehead atoms. The summed E-state index contributed by atoms with van der Waals surface area (Å²) < 4.78 is 0. The highest BCUT2D eigenvalue weighted by atomic mass is 32.1. The molecule has 2 aromatic rings. The fourth-order valence-corrected chi connectivity index (χ4v) is 2.97. The minimum atomic E-state index is 0.233. The molecule has 88 valence electrons. The first-order valence-electron chi connectivity index (χ1n) is 5.82. The van der Waals surface area contributed by atoms with Crippen molar-refractivity contribution in [3.05, 3.63) is 46.3 Å². The Morgan fingerprint density at radius 2 is 1.82 bits per heavy atom. The lowest BCUT2D eigenvalue weighted by molar-refractivity contribution is 0.0992. The van der Waals surface area contributed by atoms with Crippen molar-refractivity contribution in [3.8, 4) is 10.4 Å². The van der Waals surface area contributed by atoms with Gasteiger partial charge in [0.2, 0.25) is 0 Å². The van der Waals surface area contributed by atoms with Crippen LogP contribution in [0.3, 0.4) is 0 Å². The molecule has 2 heteroatoms. The number of rotatable bonds is 3.